The lowest BCUT2D eigenvalue weighted by molar-refractivity contribution is 0.410. The molecular formula is C13H21N3O2. The van der Waals surface area contributed by atoms with Crippen LogP contribution in [0.2, 0.25) is 0 Å². The normalized spacial score (nSPS) is 11.4. The molecule has 1 aromatic carbocycles. The van der Waals surface area contributed by atoms with E-state index >= 15 is 0 Å². The fourth-order valence-corrected chi connectivity index (χ4v) is 1.63. The summed E-state index contributed by atoms with van der Waals surface area (Å²) in [6, 6.07) is 5.06. The van der Waals surface area contributed by atoms with Crippen molar-refractivity contribution in [3.8, 4) is 11.5 Å². The first-order valence-corrected chi connectivity index (χ1v) is 6.03. The van der Waals surface area contributed by atoms with Crippen molar-refractivity contribution in [1.82, 2.24) is 4.90 Å². The predicted molar refractivity (Wildman–Crippen MR) is 72.9 cm³/mol. The van der Waals surface area contributed by atoms with Crippen molar-refractivity contribution in [3.63, 3.8) is 0 Å². The van der Waals surface area contributed by atoms with E-state index in [2.05, 4.69) is 4.99 Å². The van der Waals surface area contributed by atoms with Crippen LogP contribution in [-0.4, -0.2) is 36.2 Å². The number of nitrogens with zero attached hydrogens (tertiary/aromatic N) is 2. The molecule has 0 unspecified atom stereocenters. The summed E-state index contributed by atoms with van der Waals surface area (Å²) in [5, 5.41) is 9.72. The Hall–Kier alpha value is -1.91. The van der Waals surface area contributed by atoms with Crippen LogP contribution in [0.3, 0.4) is 0 Å². The zero-order chi connectivity index (χ0) is 13.5. The third kappa shape index (κ3) is 3.55. The largest absolute Gasteiger partial charge is 0.508 e. The van der Waals surface area contributed by atoms with E-state index in [1.807, 2.05) is 18.7 Å². The topological polar surface area (TPSA) is 71.1 Å². The fraction of sp³-hybridized carbons (Fsp3) is 0.462. The summed E-state index contributed by atoms with van der Waals surface area (Å²) >= 11 is 0. The number of hydrogen-bond acceptors (Lipinski definition) is 3. The van der Waals surface area contributed by atoms with E-state index in [0.29, 0.717) is 23.8 Å². The highest BCUT2D eigenvalue weighted by atomic mass is 16.5. The molecule has 3 N–H and O–H groups in total. The lowest BCUT2D eigenvalue weighted by Gasteiger charge is -2.19. The first-order chi connectivity index (χ1) is 8.62. The summed E-state index contributed by atoms with van der Waals surface area (Å²) in [7, 11) is 1.59. The Balaban J connectivity index is 2.81. The first-order valence-electron chi connectivity index (χ1n) is 6.03. The molecule has 1 aromatic rings. The number of guanidine groups is 1. The molecular weight excluding hydrogens is 230 g/mol. The number of ether oxygens (including phenoxy) is 1. The summed E-state index contributed by atoms with van der Waals surface area (Å²) in [5.41, 5.74) is 6.57. The molecule has 18 heavy (non-hydrogen) atoms. The molecule has 0 heterocycles. The average molecular weight is 251 g/mol. The van der Waals surface area contributed by atoms with E-state index < -0.39 is 0 Å². The second kappa shape index (κ2) is 6.74. The molecule has 0 aliphatic heterocycles. The van der Waals surface area contributed by atoms with E-state index in [9.17, 15) is 5.11 Å². The first kappa shape index (κ1) is 14.2. The van der Waals surface area contributed by atoms with Crippen LogP contribution in [0.5, 0.6) is 11.5 Å². The van der Waals surface area contributed by atoms with Gasteiger partial charge in [-0.2, -0.15) is 0 Å². The van der Waals surface area contributed by atoms with Gasteiger partial charge in [-0.25, -0.2) is 4.99 Å². The van der Waals surface area contributed by atoms with Crippen LogP contribution < -0.4 is 10.5 Å². The summed E-state index contributed by atoms with van der Waals surface area (Å²) in [6.07, 6.45) is 0. The maximum absolute atomic E-state index is 9.72. The Morgan fingerprint density at radius 2 is 2.06 bits per heavy atom. The molecule has 0 amide bonds. The SMILES string of the molecule is CCN(CC)C(N)=NCc1cc(OC)ccc1O. The van der Waals surface area contributed by atoms with Gasteiger partial charge in [0, 0.05) is 18.7 Å². The van der Waals surface area contributed by atoms with Gasteiger partial charge in [0.2, 0.25) is 0 Å². The highest BCUT2D eigenvalue weighted by molar-refractivity contribution is 5.78. The molecule has 0 aliphatic rings. The van der Waals surface area contributed by atoms with Crippen LogP contribution in [0.1, 0.15) is 19.4 Å². The van der Waals surface area contributed by atoms with Crippen molar-refractivity contribution >= 4 is 5.96 Å². The zero-order valence-corrected chi connectivity index (χ0v) is 11.2. The Labute approximate surface area is 108 Å². The van der Waals surface area contributed by atoms with Crippen molar-refractivity contribution < 1.29 is 9.84 Å². The van der Waals surface area contributed by atoms with Gasteiger partial charge >= 0.3 is 0 Å². The highest BCUT2D eigenvalue weighted by Crippen LogP contribution is 2.23. The number of nitrogens with two attached hydrogens (primary N) is 1. The minimum absolute atomic E-state index is 0.201. The van der Waals surface area contributed by atoms with Gasteiger partial charge in [0.25, 0.3) is 0 Å². The van der Waals surface area contributed by atoms with Crippen molar-refractivity contribution in [2.24, 2.45) is 10.7 Å². The van der Waals surface area contributed by atoms with Crippen LogP contribution in [0.4, 0.5) is 0 Å². The average Bonchev–Trinajstić information content (AvgIpc) is 2.39. The number of phenols is 1. The highest BCUT2D eigenvalue weighted by Gasteiger charge is 2.05. The number of aromatic hydroxyl groups is 1. The van der Waals surface area contributed by atoms with E-state index in [4.69, 9.17) is 10.5 Å². The molecule has 0 saturated carbocycles. The Kier molecular flexibility index (Phi) is 5.30. The second-order valence-corrected chi connectivity index (χ2v) is 3.84. The Morgan fingerprint density at radius 3 is 2.61 bits per heavy atom. The number of hydrogen-bond donors (Lipinski definition) is 2. The number of phenolic OH excluding ortho intramolecular Hbond substituents is 1. The summed E-state index contributed by atoms with van der Waals surface area (Å²) < 4.78 is 5.11. The van der Waals surface area contributed by atoms with Crippen LogP contribution >= 0.6 is 0 Å². The predicted octanol–water partition coefficient (Wildman–Crippen LogP) is 1.56. The second-order valence-electron chi connectivity index (χ2n) is 3.84. The monoisotopic (exact) mass is 251 g/mol. The summed E-state index contributed by atoms with van der Waals surface area (Å²) in [6.45, 7) is 6.01. The van der Waals surface area contributed by atoms with Crippen LogP contribution in [-0.2, 0) is 6.54 Å². The minimum Gasteiger partial charge on any atom is -0.508 e. The number of aliphatic imine (C=N–C) groups is 1. The molecule has 0 saturated heterocycles. The third-order valence-corrected chi connectivity index (χ3v) is 2.79. The van der Waals surface area contributed by atoms with Crippen molar-refractivity contribution in [1.29, 1.82) is 0 Å². The van der Waals surface area contributed by atoms with Gasteiger partial charge in [-0.15, -0.1) is 0 Å². The molecule has 0 atom stereocenters. The van der Waals surface area contributed by atoms with Gasteiger partial charge in [0.05, 0.1) is 13.7 Å². The number of methoxy groups -OCH3 is 1. The molecule has 0 spiro atoms. The standard InChI is InChI=1S/C13H21N3O2/c1-4-16(5-2)13(14)15-9-10-8-11(18-3)6-7-12(10)17/h6-8,17H,4-5,9H2,1-3H3,(H2,14,15). The molecule has 5 nitrogen and oxygen atoms in total. The van der Waals surface area contributed by atoms with Crippen molar-refractivity contribution in [3.05, 3.63) is 23.8 Å². The Morgan fingerprint density at radius 1 is 1.39 bits per heavy atom. The lowest BCUT2D eigenvalue weighted by atomic mass is 10.2. The molecule has 0 fully saturated rings. The number of rotatable bonds is 5. The van der Waals surface area contributed by atoms with Gasteiger partial charge in [0.15, 0.2) is 5.96 Å². The van der Waals surface area contributed by atoms with E-state index in [1.165, 1.54) is 0 Å². The molecule has 0 bridgehead atoms. The quantitative estimate of drug-likeness (QED) is 0.615. The summed E-state index contributed by atoms with van der Waals surface area (Å²) in [4.78, 5) is 6.23. The number of benzene rings is 1. The smallest absolute Gasteiger partial charge is 0.191 e. The van der Waals surface area contributed by atoms with Gasteiger partial charge in [-0.05, 0) is 32.0 Å². The third-order valence-electron chi connectivity index (χ3n) is 2.79. The van der Waals surface area contributed by atoms with E-state index in [0.717, 1.165) is 13.1 Å². The molecule has 0 radical (unpaired) electrons. The van der Waals surface area contributed by atoms with E-state index in [1.54, 1.807) is 25.3 Å². The maximum Gasteiger partial charge on any atom is 0.191 e. The summed E-state index contributed by atoms with van der Waals surface area (Å²) in [5.74, 6) is 1.38. The van der Waals surface area contributed by atoms with Gasteiger partial charge < -0.3 is 20.5 Å². The molecule has 100 valence electrons. The molecule has 0 aromatic heterocycles. The van der Waals surface area contributed by atoms with Crippen molar-refractivity contribution in [2.75, 3.05) is 20.2 Å². The van der Waals surface area contributed by atoms with Gasteiger partial charge in [-0.3, -0.25) is 0 Å². The lowest BCUT2D eigenvalue weighted by Crippen LogP contribution is -2.37. The molecule has 5 heteroatoms. The molecule has 0 aliphatic carbocycles. The Bertz CT molecular complexity index is 415. The molecule has 1 rings (SSSR count). The maximum atomic E-state index is 9.72. The zero-order valence-electron chi connectivity index (χ0n) is 11.2. The van der Waals surface area contributed by atoms with Crippen LogP contribution in [0.15, 0.2) is 23.2 Å². The van der Waals surface area contributed by atoms with E-state index in [-0.39, 0.29) is 5.75 Å². The minimum atomic E-state index is 0.201. The fourth-order valence-electron chi connectivity index (χ4n) is 1.63. The van der Waals surface area contributed by atoms with Gasteiger partial charge in [-0.1, -0.05) is 0 Å². The van der Waals surface area contributed by atoms with Gasteiger partial charge in [0.1, 0.15) is 11.5 Å². The van der Waals surface area contributed by atoms with Crippen LogP contribution in [0, 0.1) is 0 Å². The van der Waals surface area contributed by atoms with Crippen molar-refractivity contribution in [2.45, 2.75) is 20.4 Å². The van der Waals surface area contributed by atoms with Crippen LogP contribution in [0.25, 0.3) is 0 Å².